The predicted molar refractivity (Wildman–Crippen MR) is 224 cm³/mol. The SMILES string of the molecule is CCCCCCCCCCCCCCCCCCC(=O)OC[C@H](COC(=O)CCCCCCCCCCCC)OC(=O)CCCCCCCCCCC. The van der Waals surface area contributed by atoms with E-state index in [4.69, 9.17) is 14.2 Å². The minimum absolute atomic E-state index is 0.0628. The average molecular weight is 751 g/mol. The van der Waals surface area contributed by atoms with Crippen molar-refractivity contribution in [2.45, 2.75) is 271 Å². The van der Waals surface area contributed by atoms with Crippen LogP contribution in [0.4, 0.5) is 0 Å². The third kappa shape index (κ3) is 41.4. The molecule has 0 saturated heterocycles. The fourth-order valence-corrected chi connectivity index (χ4v) is 7.03. The molecule has 0 rings (SSSR count). The molecule has 0 heterocycles. The second-order valence-corrected chi connectivity index (χ2v) is 16.0. The molecule has 0 aromatic heterocycles. The van der Waals surface area contributed by atoms with Crippen molar-refractivity contribution in [2.75, 3.05) is 13.2 Å². The van der Waals surface area contributed by atoms with Crippen LogP contribution in [0.15, 0.2) is 0 Å². The van der Waals surface area contributed by atoms with Crippen molar-refractivity contribution in [1.82, 2.24) is 0 Å². The lowest BCUT2D eigenvalue weighted by Gasteiger charge is -2.18. The van der Waals surface area contributed by atoms with Crippen LogP contribution in [-0.4, -0.2) is 37.2 Å². The average Bonchev–Trinajstić information content (AvgIpc) is 3.15. The summed E-state index contributed by atoms with van der Waals surface area (Å²) >= 11 is 0. The maximum atomic E-state index is 12.7. The molecule has 0 aromatic carbocycles. The molecule has 0 spiro atoms. The van der Waals surface area contributed by atoms with Crippen LogP contribution >= 0.6 is 0 Å². The lowest BCUT2D eigenvalue weighted by molar-refractivity contribution is -0.167. The van der Waals surface area contributed by atoms with Crippen LogP contribution < -0.4 is 0 Å². The highest BCUT2D eigenvalue weighted by Crippen LogP contribution is 2.16. The van der Waals surface area contributed by atoms with E-state index in [0.717, 1.165) is 57.8 Å². The second kappa shape index (κ2) is 43.1. The van der Waals surface area contributed by atoms with Crippen LogP contribution in [0.3, 0.4) is 0 Å². The van der Waals surface area contributed by atoms with Crippen molar-refractivity contribution in [3.8, 4) is 0 Å². The van der Waals surface area contributed by atoms with Gasteiger partial charge in [0.05, 0.1) is 0 Å². The summed E-state index contributed by atoms with van der Waals surface area (Å²) in [5.74, 6) is -0.853. The van der Waals surface area contributed by atoms with E-state index in [2.05, 4.69) is 20.8 Å². The van der Waals surface area contributed by atoms with Gasteiger partial charge in [-0.25, -0.2) is 0 Å². The summed E-state index contributed by atoms with van der Waals surface area (Å²) in [7, 11) is 0. The van der Waals surface area contributed by atoms with E-state index in [9.17, 15) is 14.4 Å². The van der Waals surface area contributed by atoms with Gasteiger partial charge in [0, 0.05) is 19.3 Å². The Morgan fingerprint density at radius 2 is 0.509 bits per heavy atom. The summed E-state index contributed by atoms with van der Waals surface area (Å²) in [4.78, 5) is 37.6. The first-order valence-electron chi connectivity index (χ1n) is 23.5. The Bertz CT molecular complexity index is 783. The van der Waals surface area contributed by atoms with Crippen molar-refractivity contribution >= 4 is 17.9 Å². The molecule has 0 amide bonds. The summed E-state index contributed by atoms with van der Waals surface area (Å²) in [6.45, 7) is 6.63. The van der Waals surface area contributed by atoms with Gasteiger partial charge < -0.3 is 14.2 Å². The van der Waals surface area contributed by atoms with Gasteiger partial charge in [0.2, 0.25) is 0 Å². The molecule has 0 N–H and O–H groups in total. The van der Waals surface area contributed by atoms with Crippen LogP contribution in [0.1, 0.15) is 265 Å². The van der Waals surface area contributed by atoms with Gasteiger partial charge in [0.25, 0.3) is 0 Å². The molecular formula is C47H90O6. The van der Waals surface area contributed by atoms with Gasteiger partial charge in [-0.05, 0) is 19.3 Å². The quantitative estimate of drug-likeness (QED) is 0.0351. The zero-order chi connectivity index (χ0) is 38.7. The number of hydrogen-bond donors (Lipinski definition) is 0. The lowest BCUT2D eigenvalue weighted by Crippen LogP contribution is -2.30. The van der Waals surface area contributed by atoms with Gasteiger partial charge in [-0.1, -0.05) is 226 Å². The maximum absolute atomic E-state index is 12.7. The number of esters is 3. The molecule has 0 radical (unpaired) electrons. The monoisotopic (exact) mass is 751 g/mol. The van der Waals surface area contributed by atoms with Gasteiger partial charge in [0.1, 0.15) is 13.2 Å². The maximum Gasteiger partial charge on any atom is 0.306 e. The van der Waals surface area contributed by atoms with E-state index in [0.29, 0.717) is 19.3 Å². The molecule has 53 heavy (non-hydrogen) atoms. The molecule has 314 valence electrons. The zero-order valence-electron chi connectivity index (χ0n) is 35.8. The minimum Gasteiger partial charge on any atom is -0.462 e. The highest BCUT2D eigenvalue weighted by Gasteiger charge is 2.19. The highest BCUT2D eigenvalue weighted by molar-refractivity contribution is 5.71. The summed E-state index contributed by atoms with van der Waals surface area (Å²) in [5, 5.41) is 0. The molecular weight excluding hydrogens is 661 g/mol. The summed E-state index contributed by atoms with van der Waals surface area (Å²) in [5.41, 5.74) is 0. The number of unbranched alkanes of at least 4 members (excludes halogenated alkanes) is 32. The highest BCUT2D eigenvalue weighted by atomic mass is 16.6. The molecule has 1 atom stereocenters. The van der Waals surface area contributed by atoms with E-state index in [1.807, 2.05) is 0 Å². The molecule has 6 nitrogen and oxygen atoms in total. The fourth-order valence-electron chi connectivity index (χ4n) is 7.03. The van der Waals surface area contributed by atoms with Gasteiger partial charge in [-0.2, -0.15) is 0 Å². The van der Waals surface area contributed by atoms with E-state index >= 15 is 0 Å². The number of rotatable bonds is 43. The van der Waals surface area contributed by atoms with Gasteiger partial charge in [0.15, 0.2) is 6.10 Å². The number of carbonyl (C=O) groups is 3. The van der Waals surface area contributed by atoms with Crippen LogP contribution in [0.25, 0.3) is 0 Å². The standard InChI is InChI=1S/C47H90O6/c1-4-7-10-13-16-19-21-22-23-24-25-26-29-31-34-37-40-46(49)52-43-44(53-47(50)41-38-35-32-27-18-15-12-9-6-3)42-51-45(48)39-36-33-30-28-20-17-14-11-8-5-2/h44H,4-43H2,1-3H3/t44-/m0/s1. The summed E-state index contributed by atoms with van der Waals surface area (Å²) in [6.07, 6.45) is 43.7. The van der Waals surface area contributed by atoms with Gasteiger partial charge >= 0.3 is 17.9 Å². The Morgan fingerprint density at radius 1 is 0.302 bits per heavy atom. The zero-order valence-corrected chi connectivity index (χ0v) is 35.8. The second-order valence-electron chi connectivity index (χ2n) is 16.0. The molecule has 6 heteroatoms. The topological polar surface area (TPSA) is 78.9 Å². The molecule has 0 saturated carbocycles. The Labute approximate surface area is 329 Å². The van der Waals surface area contributed by atoms with Crippen LogP contribution in [0, 0.1) is 0 Å². The van der Waals surface area contributed by atoms with Crippen LogP contribution in [0.5, 0.6) is 0 Å². The Kier molecular flexibility index (Phi) is 41.8. The van der Waals surface area contributed by atoms with Crippen LogP contribution in [-0.2, 0) is 28.6 Å². The first-order valence-corrected chi connectivity index (χ1v) is 23.5. The molecule has 0 aliphatic rings. The number of ether oxygens (including phenoxy) is 3. The number of hydrogen-bond acceptors (Lipinski definition) is 6. The molecule has 0 unspecified atom stereocenters. The first kappa shape index (κ1) is 51.4. The van der Waals surface area contributed by atoms with Gasteiger partial charge in [-0.15, -0.1) is 0 Å². The van der Waals surface area contributed by atoms with Crippen molar-refractivity contribution in [2.24, 2.45) is 0 Å². The minimum atomic E-state index is -0.757. The predicted octanol–water partition coefficient (Wildman–Crippen LogP) is 14.9. The van der Waals surface area contributed by atoms with E-state index < -0.39 is 6.10 Å². The Balaban J connectivity index is 4.24. The van der Waals surface area contributed by atoms with E-state index in [1.54, 1.807) is 0 Å². The fraction of sp³-hybridized carbons (Fsp3) is 0.936. The van der Waals surface area contributed by atoms with Crippen molar-refractivity contribution in [1.29, 1.82) is 0 Å². The van der Waals surface area contributed by atoms with Crippen molar-refractivity contribution < 1.29 is 28.6 Å². The largest absolute Gasteiger partial charge is 0.462 e. The molecule has 0 aliphatic heterocycles. The van der Waals surface area contributed by atoms with E-state index in [-0.39, 0.29) is 31.1 Å². The van der Waals surface area contributed by atoms with Crippen LogP contribution in [0.2, 0.25) is 0 Å². The smallest absolute Gasteiger partial charge is 0.306 e. The molecule has 0 aromatic rings. The first-order chi connectivity index (χ1) is 26.0. The van der Waals surface area contributed by atoms with E-state index in [1.165, 1.54) is 167 Å². The molecule has 0 aliphatic carbocycles. The van der Waals surface area contributed by atoms with Crippen molar-refractivity contribution in [3.05, 3.63) is 0 Å². The van der Waals surface area contributed by atoms with Gasteiger partial charge in [-0.3, -0.25) is 14.4 Å². The summed E-state index contributed by atoms with van der Waals surface area (Å²) < 4.78 is 16.7. The molecule has 0 bridgehead atoms. The molecule has 0 fully saturated rings. The number of carbonyl (C=O) groups excluding carboxylic acids is 3. The summed E-state index contributed by atoms with van der Waals surface area (Å²) in [6, 6.07) is 0. The lowest BCUT2D eigenvalue weighted by atomic mass is 10.0. The third-order valence-electron chi connectivity index (χ3n) is 10.6. The Morgan fingerprint density at radius 3 is 0.755 bits per heavy atom. The Hall–Kier alpha value is -1.59. The normalized spacial score (nSPS) is 11.8. The van der Waals surface area contributed by atoms with Crippen molar-refractivity contribution in [3.63, 3.8) is 0 Å². The third-order valence-corrected chi connectivity index (χ3v) is 10.6.